The summed E-state index contributed by atoms with van der Waals surface area (Å²) in [6.07, 6.45) is 1.06. The van der Waals surface area contributed by atoms with Gasteiger partial charge in [-0.25, -0.2) is 17.5 Å². The van der Waals surface area contributed by atoms with E-state index in [9.17, 15) is 13.2 Å². The number of nitrogens with zero attached hydrogens (tertiary/aromatic N) is 2. The first-order valence-corrected chi connectivity index (χ1v) is 9.40. The summed E-state index contributed by atoms with van der Waals surface area (Å²) in [7, 11) is 1.52. The van der Waals surface area contributed by atoms with Crippen LogP contribution in [0.15, 0.2) is 29.2 Å². The van der Waals surface area contributed by atoms with Crippen molar-refractivity contribution in [1.29, 1.82) is 0 Å². The molecule has 24 heavy (non-hydrogen) atoms. The van der Waals surface area contributed by atoms with Crippen molar-refractivity contribution in [1.82, 2.24) is 14.5 Å². The summed E-state index contributed by atoms with van der Waals surface area (Å²) in [5.74, 6) is 0. The molecular formula is C16H28N4O3S. The van der Waals surface area contributed by atoms with Crippen LogP contribution in [0.3, 0.4) is 0 Å². The van der Waals surface area contributed by atoms with Crippen molar-refractivity contribution in [3.63, 3.8) is 0 Å². The number of benzene rings is 1. The topological polar surface area (TPSA) is 81.8 Å². The van der Waals surface area contributed by atoms with Gasteiger partial charge in [0.2, 0.25) is 10.0 Å². The standard InChI is InChI=1S/C16H28N4O3S/c1-6-13(2)20(5)12-11-17-16(21)18-14-7-9-15(10-8-14)24(22,23)19(3)4/h7-10,13H,6,11-12H2,1-5H3,(H2,17,18,21)/t13-/m0/s1. The molecule has 0 saturated heterocycles. The zero-order chi connectivity index (χ0) is 18.3. The van der Waals surface area contributed by atoms with Gasteiger partial charge in [-0.1, -0.05) is 6.92 Å². The molecule has 0 bridgehead atoms. The molecule has 7 nitrogen and oxygen atoms in total. The smallest absolute Gasteiger partial charge is 0.319 e. The van der Waals surface area contributed by atoms with Crippen LogP contribution < -0.4 is 10.6 Å². The molecule has 0 unspecified atom stereocenters. The Bertz CT molecular complexity index is 629. The van der Waals surface area contributed by atoms with E-state index in [0.717, 1.165) is 17.3 Å². The summed E-state index contributed by atoms with van der Waals surface area (Å²) >= 11 is 0. The van der Waals surface area contributed by atoms with Crippen LogP contribution in [0.2, 0.25) is 0 Å². The molecule has 0 aromatic heterocycles. The van der Waals surface area contributed by atoms with Crippen LogP contribution in [-0.4, -0.2) is 63.9 Å². The molecule has 0 saturated carbocycles. The maximum absolute atomic E-state index is 12.0. The maximum atomic E-state index is 12.0. The summed E-state index contributed by atoms with van der Waals surface area (Å²) in [6.45, 7) is 5.58. The molecule has 0 heterocycles. The average Bonchev–Trinajstić information content (AvgIpc) is 2.54. The van der Waals surface area contributed by atoms with Crippen LogP contribution in [0.4, 0.5) is 10.5 Å². The van der Waals surface area contributed by atoms with Crippen molar-refractivity contribution >= 4 is 21.7 Å². The van der Waals surface area contributed by atoms with E-state index in [1.807, 2.05) is 7.05 Å². The molecule has 0 fully saturated rings. The molecule has 136 valence electrons. The largest absolute Gasteiger partial charge is 0.337 e. The van der Waals surface area contributed by atoms with Crippen LogP contribution in [0.5, 0.6) is 0 Å². The van der Waals surface area contributed by atoms with Crippen molar-refractivity contribution < 1.29 is 13.2 Å². The molecule has 0 radical (unpaired) electrons. The van der Waals surface area contributed by atoms with Gasteiger partial charge in [-0.3, -0.25) is 0 Å². The van der Waals surface area contributed by atoms with Gasteiger partial charge in [-0.15, -0.1) is 0 Å². The molecule has 2 N–H and O–H groups in total. The molecular weight excluding hydrogens is 328 g/mol. The Morgan fingerprint density at radius 2 is 1.75 bits per heavy atom. The Morgan fingerprint density at radius 1 is 1.17 bits per heavy atom. The molecule has 0 aliphatic carbocycles. The van der Waals surface area contributed by atoms with Gasteiger partial charge >= 0.3 is 6.03 Å². The average molecular weight is 356 g/mol. The highest BCUT2D eigenvalue weighted by molar-refractivity contribution is 7.89. The zero-order valence-electron chi connectivity index (χ0n) is 15.0. The van der Waals surface area contributed by atoms with Crippen molar-refractivity contribution in [2.24, 2.45) is 0 Å². The summed E-state index contributed by atoms with van der Waals surface area (Å²) in [5, 5.41) is 5.48. The molecule has 1 aromatic carbocycles. The fraction of sp³-hybridized carbons (Fsp3) is 0.562. The highest BCUT2D eigenvalue weighted by atomic mass is 32.2. The molecule has 1 atom stereocenters. The molecule has 8 heteroatoms. The van der Waals surface area contributed by atoms with Crippen LogP contribution in [0.25, 0.3) is 0 Å². The summed E-state index contributed by atoms with van der Waals surface area (Å²) in [4.78, 5) is 14.2. The number of nitrogens with one attached hydrogen (secondary N) is 2. The lowest BCUT2D eigenvalue weighted by atomic mass is 10.2. The van der Waals surface area contributed by atoms with Gasteiger partial charge in [0.05, 0.1) is 4.90 Å². The minimum absolute atomic E-state index is 0.189. The quantitative estimate of drug-likeness (QED) is 0.744. The van der Waals surface area contributed by atoms with Crippen LogP contribution in [-0.2, 0) is 10.0 Å². The highest BCUT2D eigenvalue weighted by Crippen LogP contribution is 2.16. The number of sulfonamides is 1. The van der Waals surface area contributed by atoms with Gasteiger partial charge in [-0.2, -0.15) is 0 Å². The lowest BCUT2D eigenvalue weighted by Crippen LogP contribution is -2.38. The van der Waals surface area contributed by atoms with E-state index in [-0.39, 0.29) is 10.9 Å². The first-order chi connectivity index (χ1) is 11.2. The van der Waals surface area contributed by atoms with E-state index in [0.29, 0.717) is 18.3 Å². The van der Waals surface area contributed by atoms with E-state index in [4.69, 9.17) is 0 Å². The summed E-state index contributed by atoms with van der Waals surface area (Å²) < 4.78 is 25.1. The number of amides is 2. The Kier molecular flexibility index (Phi) is 7.65. The first kappa shape index (κ1) is 20.4. The number of likely N-dealkylation sites (N-methyl/N-ethyl adjacent to an activating group) is 1. The van der Waals surface area contributed by atoms with E-state index in [1.54, 1.807) is 12.1 Å². The van der Waals surface area contributed by atoms with Gasteiger partial charge in [-0.05, 0) is 44.7 Å². The second-order valence-corrected chi connectivity index (χ2v) is 8.08. The van der Waals surface area contributed by atoms with Gasteiger partial charge in [0, 0.05) is 38.9 Å². The normalized spacial score (nSPS) is 13.1. The molecule has 2 amide bonds. The lowest BCUT2D eigenvalue weighted by molar-refractivity contribution is 0.238. The fourth-order valence-electron chi connectivity index (χ4n) is 1.97. The molecule has 1 aromatic rings. The number of urea groups is 1. The summed E-state index contributed by atoms with van der Waals surface area (Å²) in [5.41, 5.74) is 0.542. The number of hydrogen-bond donors (Lipinski definition) is 2. The first-order valence-electron chi connectivity index (χ1n) is 7.96. The minimum Gasteiger partial charge on any atom is -0.337 e. The van der Waals surface area contributed by atoms with E-state index < -0.39 is 10.0 Å². The van der Waals surface area contributed by atoms with Gasteiger partial charge in [0.25, 0.3) is 0 Å². The fourth-order valence-corrected chi connectivity index (χ4v) is 2.88. The molecule has 0 aliphatic heterocycles. The summed E-state index contributed by atoms with van der Waals surface area (Å²) in [6, 6.07) is 6.25. The number of anilines is 1. The minimum atomic E-state index is -3.46. The number of carbonyl (C=O) groups excluding carboxylic acids is 1. The highest BCUT2D eigenvalue weighted by Gasteiger charge is 2.16. The van der Waals surface area contributed by atoms with E-state index >= 15 is 0 Å². The predicted octanol–water partition coefficient (Wildman–Crippen LogP) is 1.79. The SMILES string of the molecule is CC[C@H](C)N(C)CCNC(=O)Nc1ccc(S(=O)(=O)N(C)C)cc1. The second kappa shape index (κ2) is 9.00. The van der Waals surface area contributed by atoms with Crippen molar-refractivity contribution in [3.05, 3.63) is 24.3 Å². The third-order valence-electron chi connectivity index (χ3n) is 3.98. The van der Waals surface area contributed by atoms with E-state index in [1.165, 1.54) is 26.2 Å². The van der Waals surface area contributed by atoms with Crippen molar-refractivity contribution in [2.45, 2.75) is 31.2 Å². The predicted molar refractivity (Wildman–Crippen MR) is 96.7 cm³/mol. The molecule has 0 spiro atoms. The number of carbonyl (C=O) groups is 1. The van der Waals surface area contributed by atoms with Crippen LogP contribution >= 0.6 is 0 Å². The molecule has 1 rings (SSSR count). The monoisotopic (exact) mass is 356 g/mol. The van der Waals surface area contributed by atoms with Gasteiger partial charge in [0.1, 0.15) is 0 Å². The van der Waals surface area contributed by atoms with Gasteiger partial charge < -0.3 is 15.5 Å². The van der Waals surface area contributed by atoms with Gasteiger partial charge in [0.15, 0.2) is 0 Å². The molecule has 0 aliphatic rings. The Morgan fingerprint density at radius 3 is 2.25 bits per heavy atom. The Balaban J connectivity index is 2.51. The lowest BCUT2D eigenvalue weighted by Gasteiger charge is -2.23. The number of hydrogen-bond acceptors (Lipinski definition) is 4. The zero-order valence-corrected chi connectivity index (χ0v) is 15.9. The maximum Gasteiger partial charge on any atom is 0.319 e. The van der Waals surface area contributed by atoms with Crippen molar-refractivity contribution in [3.8, 4) is 0 Å². The van der Waals surface area contributed by atoms with Crippen LogP contribution in [0, 0.1) is 0 Å². The Labute approximate surface area is 145 Å². The third-order valence-corrected chi connectivity index (χ3v) is 5.81. The van der Waals surface area contributed by atoms with E-state index in [2.05, 4.69) is 29.4 Å². The van der Waals surface area contributed by atoms with Crippen LogP contribution in [0.1, 0.15) is 20.3 Å². The third kappa shape index (κ3) is 5.77. The second-order valence-electron chi connectivity index (χ2n) is 5.93. The number of rotatable bonds is 8. The van der Waals surface area contributed by atoms with Crippen molar-refractivity contribution in [2.75, 3.05) is 39.5 Å². The Hall–Kier alpha value is -1.64.